The van der Waals surface area contributed by atoms with Crippen molar-refractivity contribution in [1.82, 2.24) is 10.0 Å². The third kappa shape index (κ3) is 4.26. The monoisotopic (exact) mass is 315 g/mol. The van der Waals surface area contributed by atoms with Crippen LogP contribution in [0.2, 0.25) is 0 Å². The van der Waals surface area contributed by atoms with Gasteiger partial charge in [0.2, 0.25) is 10.0 Å². The normalized spacial score (nSPS) is 16.9. The Labute approximate surface area is 122 Å². The Morgan fingerprint density at radius 2 is 2.20 bits per heavy atom. The number of rotatable bonds is 6. The first-order valence-corrected chi connectivity index (χ1v) is 8.74. The van der Waals surface area contributed by atoms with Crippen LogP contribution in [0.15, 0.2) is 16.3 Å². The van der Waals surface area contributed by atoms with Crippen LogP contribution in [0.1, 0.15) is 17.7 Å². The molecular formula is C12H17N3O3S2. The lowest BCUT2D eigenvalue weighted by Gasteiger charge is -2.22. The minimum Gasteiger partial charge on any atom is -0.377 e. The molecule has 1 aliphatic rings. The second kappa shape index (κ2) is 7.15. The number of thiophene rings is 1. The summed E-state index contributed by atoms with van der Waals surface area (Å²) in [5.41, 5.74) is 0. The first-order chi connectivity index (χ1) is 9.62. The number of nitrogens with one attached hydrogen (secondary N) is 2. The highest BCUT2D eigenvalue weighted by molar-refractivity contribution is 7.91. The summed E-state index contributed by atoms with van der Waals surface area (Å²) in [6.07, 6.45) is 2.14. The molecule has 20 heavy (non-hydrogen) atoms. The summed E-state index contributed by atoms with van der Waals surface area (Å²) in [4.78, 5) is 0.385. The summed E-state index contributed by atoms with van der Waals surface area (Å²) < 4.78 is 32.1. The Hall–Kier alpha value is -0.980. The van der Waals surface area contributed by atoms with Crippen molar-refractivity contribution in [3.63, 3.8) is 0 Å². The van der Waals surface area contributed by atoms with E-state index in [9.17, 15) is 8.42 Å². The minimum atomic E-state index is -3.53. The maximum Gasteiger partial charge on any atom is 0.250 e. The van der Waals surface area contributed by atoms with Gasteiger partial charge in [-0.15, -0.1) is 11.3 Å². The van der Waals surface area contributed by atoms with Crippen molar-refractivity contribution in [3.05, 3.63) is 17.0 Å². The van der Waals surface area contributed by atoms with Gasteiger partial charge in [0.15, 0.2) is 0 Å². The molecular weight excluding hydrogens is 298 g/mol. The average molecular weight is 315 g/mol. The zero-order chi connectivity index (χ0) is 14.4. The molecule has 0 unspecified atom stereocenters. The van der Waals surface area contributed by atoms with Crippen LogP contribution in [-0.4, -0.2) is 40.8 Å². The minimum absolute atomic E-state index is 0.163. The molecule has 8 heteroatoms. The summed E-state index contributed by atoms with van der Waals surface area (Å²) in [6.45, 7) is 2.50. The van der Waals surface area contributed by atoms with Crippen LogP contribution in [0.3, 0.4) is 0 Å². The quantitative estimate of drug-likeness (QED) is 0.753. The predicted molar refractivity (Wildman–Crippen MR) is 76.1 cm³/mol. The molecule has 0 atom stereocenters. The van der Waals surface area contributed by atoms with Gasteiger partial charge in [-0.05, 0) is 38.1 Å². The van der Waals surface area contributed by atoms with Crippen molar-refractivity contribution < 1.29 is 13.2 Å². The van der Waals surface area contributed by atoms with E-state index in [1.54, 1.807) is 0 Å². The van der Waals surface area contributed by atoms with Gasteiger partial charge in [0.25, 0.3) is 0 Å². The molecule has 0 spiro atoms. The van der Waals surface area contributed by atoms with Crippen molar-refractivity contribution >= 4 is 21.4 Å². The first kappa shape index (κ1) is 15.4. The predicted octanol–water partition coefficient (Wildman–Crippen LogP) is 0.667. The van der Waals surface area contributed by atoms with Gasteiger partial charge >= 0.3 is 0 Å². The van der Waals surface area contributed by atoms with E-state index in [0.29, 0.717) is 11.5 Å². The van der Waals surface area contributed by atoms with E-state index in [1.165, 1.54) is 12.1 Å². The molecule has 0 aliphatic carbocycles. The summed E-state index contributed by atoms with van der Waals surface area (Å²) in [7, 11) is -3.53. The lowest BCUT2D eigenvalue weighted by atomic mass is 10.1. The van der Waals surface area contributed by atoms with Crippen LogP contribution in [0.4, 0.5) is 0 Å². The van der Waals surface area contributed by atoms with Crippen LogP contribution in [-0.2, 0) is 14.8 Å². The number of piperidine rings is 1. The molecule has 0 amide bonds. The second-order valence-electron chi connectivity index (χ2n) is 4.45. The van der Waals surface area contributed by atoms with Crippen LogP contribution < -0.4 is 10.0 Å². The van der Waals surface area contributed by atoms with E-state index in [1.807, 2.05) is 6.07 Å². The number of sulfonamides is 1. The van der Waals surface area contributed by atoms with Gasteiger partial charge in [0, 0.05) is 6.54 Å². The Bertz CT molecular complexity index is 571. The Balaban J connectivity index is 1.76. The number of hydrogen-bond donors (Lipinski definition) is 2. The van der Waals surface area contributed by atoms with Crippen molar-refractivity contribution in [2.75, 3.05) is 26.2 Å². The number of ether oxygens (including phenoxy) is 1. The van der Waals surface area contributed by atoms with Crippen molar-refractivity contribution in [2.45, 2.75) is 23.2 Å². The molecule has 2 heterocycles. The summed E-state index contributed by atoms with van der Waals surface area (Å²) >= 11 is 0.965. The maximum absolute atomic E-state index is 11.9. The summed E-state index contributed by atoms with van der Waals surface area (Å²) in [5.74, 6) is 0. The molecule has 0 radical (unpaired) electrons. The van der Waals surface area contributed by atoms with E-state index < -0.39 is 10.0 Å². The molecule has 0 saturated carbocycles. The fourth-order valence-corrected chi connectivity index (χ4v) is 4.12. The average Bonchev–Trinajstić information content (AvgIpc) is 2.95. The van der Waals surface area contributed by atoms with Gasteiger partial charge in [-0.2, -0.15) is 5.26 Å². The first-order valence-electron chi connectivity index (χ1n) is 6.44. The molecule has 0 aromatic carbocycles. The third-order valence-corrected chi connectivity index (χ3v) is 5.93. The van der Waals surface area contributed by atoms with Gasteiger partial charge in [-0.1, -0.05) is 0 Å². The smallest absolute Gasteiger partial charge is 0.250 e. The van der Waals surface area contributed by atoms with Crippen molar-refractivity contribution in [2.24, 2.45) is 0 Å². The van der Waals surface area contributed by atoms with Crippen LogP contribution in [0.25, 0.3) is 0 Å². The lowest BCUT2D eigenvalue weighted by Crippen LogP contribution is -2.34. The summed E-state index contributed by atoms with van der Waals surface area (Å²) in [5, 5.41) is 11.9. The topological polar surface area (TPSA) is 91.2 Å². The van der Waals surface area contributed by atoms with Gasteiger partial charge in [0.1, 0.15) is 15.2 Å². The molecule has 1 saturated heterocycles. The van der Waals surface area contributed by atoms with E-state index in [-0.39, 0.29) is 16.9 Å². The highest BCUT2D eigenvalue weighted by Gasteiger charge is 2.17. The number of nitriles is 1. The molecule has 1 aromatic rings. The van der Waals surface area contributed by atoms with Crippen molar-refractivity contribution in [1.29, 1.82) is 5.26 Å². The molecule has 1 aliphatic heterocycles. The second-order valence-corrected chi connectivity index (χ2v) is 7.53. The lowest BCUT2D eigenvalue weighted by molar-refractivity contribution is 0.0367. The van der Waals surface area contributed by atoms with E-state index in [2.05, 4.69) is 10.0 Å². The molecule has 6 nitrogen and oxygen atoms in total. The molecule has 2 N–H and O–H groups in total. The Morgan fingerprint density at radius 1 is 1.45 bits per heavy atom. The zero-order valence-corrected chi connectivity index (χ0v) is 12.6. The molecule has 1 fully saturated rings. The van der Waals surface area contributed by atoms with Crippen LogP contribution in [0.5, 0.6) is 0 Å². The molecule has 2 rings (SSSR count). The fourth-order valence-electron chi connectivity index (χ4n) is 1.96. The number of hydrogen-bond acceptors (Lipinski definition) is 6. The Kier molecular flexibility index (Phi) is 5.51. The number of nitrogens with zero attached hydrogens (tertiary/aromatic N) is 1. The highest BCUT2D eigenvalue weighted by atomic mass is 32.2. The molecule has 110 valence electrons. The van der Waals surface area contributed by atoms with Gasteiger partial charge in [-0.3, -0.25) is 0 Å². The standard InChI is InChI=1S/C12H17N3O3S2/c13-9-11-1-2-12(19-11)20(16,17)15-7-8-18-10-3-5-14-6-4-10/h1-2,10,14-15H,3-8H2. The highest BCUT2D eigenvalue weighted by Crippen LogP contribution is 2.20. The SMILES string of the molecule is N#Cc1ccc(S(=O)(=O)NCCOC2CCNCC2)s1. The van der Waals surface area contributed by atoms with E-state index in [4.69, 9.17) is 10.00 Å². The largest absolute Gasteiger partial charge is 0.377 e. The Morgan fingerprint density at radius 3 is 2.85 bits per heavy atom. The summed E-state index contributed by atoms with van der Waals surface area (Å²) in [6, 6.07) is 4.87. The van der Waals surface area contributed by atoms with E-state index in [0.717, 1.165) is 37.3 Å². The van der Waals surface area contributed by atoms with Gasteiger partial charge < -0.3 is 10.1 Å². The van der Waals surface area contributed by atoms with Crippen molar-refractivity contribution in [3.8, 4) is 6.07 Å². The van der Waals surface area contributed by atoms with Gasteiger partial charge in [-0.25, -0.2) is 13.1 Å². The van der Waals surface area contributed by atoms with Crippen LogP contribution >= 0.6 is 11.3 Å². The zero-order valence-electron chi connectivity index (χ0n) is 11.0. The fraction of sp³-hybridized carbons (Fsp3) is 0.583. The molecule has 0 bridgehead atoms. The third-order valence-electron chi connectivity index (χ3n) is 2.99. The van der Waals surface area contributed by atoms with E-state index >= 15 is 0 Å². The van der Waals surface area contributed by atoms with Gasteiger partial charge in [0.05, 0.1) is 12.7 Å². The van der Waals surface area contributed by atoms with Crippen LogP contribution in [0, 0.1) is 11.3 Å². The molecule has 1 aromatic heterocycles. The maximum atomic E-state index is 11.9.